The number of aliphatic imine (C=N–C) groups is 1. The van der Waals surface area contributed by atoms with Crippen LogP contribution in [-0.4, -0.2) is 38.8 Å². The Morgan fingerprint density at radius 2 is 2.06 bits per heavy atom. The Bertz CT molecular complexity index is 1230. The van der Waals surface area contributed by atoms with E-state index < -0.39 is 17.2 Å². The molecular weight excluding hydrogens is 478 g/mol. The van der Waals surface area contributed by atoms with Crippen LogP contribution in [-0.2, 0) is 9.59 Å². The molecule has 1 aromatic heterocycles. The van der Waals surface area contributed by atoms with E-state index in [2.05, 4.69) is 15.3 Å². The van der Waals surface area contributed by atoms with Crippen molar-refractivity contribution >= 4 is 29.4 Å². The molecule has 3 heterocycles. The summed E-state index contributed by atoms with van der Waals surface area (Å²) in [5, 5.41) is 3.83. The van der Waals surface area contributed by atoms with Crippen molar-refractivity contribution in [3.8, 4) is 5.75 Å². The second-order valence-electron chi connectivity index (χ2n) is 11.3. The molecule has 2 aliphatic heterocycles. The Hall–Kier alpha value is -3.13. The van der Waals surface area contributed by atoms with Gasteiger partial charge < -0.3 is 15.8 Å². The van der Waals surface area contributed by atoms with E-state index >= 15 is 0 Å². The van der Waals surface area contributed by atoms with E-state index in [0.717, 1.165) is 11.1 Å². The summed E-state index contributed by atoms with van der Waals surface area (Å²) < 4.78 is 6.11. The van der Waals surface area contributed by atoms with Gasteiger partial charge in [-0.25, -0.2) is 4.99 Å². The summed E-state index contributed by atoms with van der Waals surface area (Å²) >= 11 is 6.19. The van der Waals surface area contributed by atoms with Crippen LogP contribution in [0.15, 0.2) is 47.7 Å². The van der Waals surface area contributed by atoms with Crippen LogP contribution in [0.5, 0.6) is 5.75 Å². The number of ether oxygens (including phenoxy) is 1. The predicted molar refractivity (Wildman–Crippen MR) is 137 cm³/mol. The first-order chi connectivity index (χ1) is 16.9. The maximum atomic E-state index is 13.5. The topological polar surface area (TPSA) is 110 Å². The first-order valence-corrected chi connectivity index (χ1v) is 12.7. The first kappa shape index (κ1) is 24.6. The molecule has 1 aliphatic carbocycles. The Balaban J connectivity index is 1.39. The molecule has 0 bridgehead atoms. The Morgan fingerprint density at radius 3 is 2.75 bits per heavy atom. The van der Waals surface area contributed by atoms with Crippen molar-refractivity contribution in [2.45, 2.75) is 70.2 Å². The van der Waals surface area contributed by atoms with Gasteiger partial charge in [0.15, 0.2) is 5.96 Å². The second-order valence-corrected chi connectivity index (χ2v) is 11.7. The number of carbonyl (C=O) groups excluding carboxylic acids is 2. The Kier molecular flexibility index (Phi) is 5.98. The van der Waals surface area contributed by atoms with Gasteiger partial charge in [0.2, 0.25) is 11.8 Å². The molecule has 2 amide bonds. The van der Waals surface area contributed by atoms with Crippen LogP contribution in [0.1, 0.15) is 70.2 Å². The van der Waals surface area contributed by atoms with Gasteiger partial charge in [-0.3, -0.25) is 19.5 Å². The van der Waals surface area contributed by atoms with Gasteiger partial charge in [0.1, 0.15) is 11.4 Å². The van der Waals surface area contributed by atoms with Crippen molar-refractivity contribution in [3.63, 3.8) is 0 Å². The summed E-state index contributed by atoms with van der Waals surface area (Å²) in [6.07, 6.45) is 4.96. The number of carbonyl (C=O) groups is 2. The normalized spacial score (nSPS) is 26.8. The van der Waals surface area contributed by atoms with Crippen LogP contribution in [0.2, 0.25) is 5.02 Å². The number of rotatable bonds is 5. The summed E-state index contributed by atoms with van der Waals surface area (Å²) in [4.78, 5) is 37.1. The number of halogens is 1. The van der Waals surface area contributed by atoms with Gasteiger partial charge in [0, 0.05) is 35.3 Å². The number of hydrogen-bond acceptors (Lipinski definition) is 6. The molecule has 1 aromatic carbocycles. The highest BCUT2D eigenvalue weighted by molar-refractivity contribution is 6.30. The zero-order valence-electron chi connectivity index (χ0n) is 21.0. The van der Waals surface area contributed by atoms with Gasteiger partial charge in [0.25, 0.3) is 0 Å². The lowest BCUT2D eigenvalue weighted by Gasteiger charge is -2.38. The minimum atomic E-state index is -0.552. The third kappa shape index (κ3) is 4.78. The van der Waals surface area contributed by atoms with Crippen molar-refractivity contribution in [1.29, 1.82) is 0 Å². The number of nitrogens with two attached hydrogens (primary N) is 1. The summed E-state index contributed by atoms with van der Waals surface area (Å²) in [6, 6.07) is 8.66. The van der Waals surface area contributed by atoms with E-state index in [1.54, 1.807) is 23.4 Å². The van der Waals surface area contributed by atoms with Gasteiger partial charge in [-0.1, -0.05) is 23.7 Å². The van der Waals surface area contributed by atoms with Gasteiger partial charge in [0.05, 0.1) is 24.0 Å². The number of amides is 2. The fourth-order valence-corrected chi connectivity index (χ4v) is 5.68. The number of nitrogens with zero attached hydrogens (tertiary/aromatic N) is 3. The largest absolute Gasteiger partial charge is 0.487 e. The van der Waals surface area contributed by atoms with Crippen LogP contribution in [0.25, 0.3) is 0 Å². The molecule has 190 valence electrons. The fourth-order valence-electron chi connectivity index (χ4n) is 5.52. The molecule has 2 aromatic rings. The molecule has 1 saturated carbocycles. The lowest BCUT2D eigenvalue weighted by molar-refractivity contribution is -0.132. The minimum Gasteiger partial charge on any atom is -0.487 e. The van der Waals surface area contributed by atoms with Gasteiger partial charge >= 0.3 is 0 Å². The zero-order valence-corrected chi connectivity index (χ0v) is 21.7. The molecule has 3 N–H and O–H groups in total. The number of benzene rings is 1. The molecule has 0 radical (unpaired) electrons. The molecule has 9 heteroatoms. The van der Waals surface area contributed by atoms with Crippen molar-refractivity contribution in [3.05, 3.63) is 58.9 Å². The molecule has 3 aliphatic rings. The molecule has 36 heavy (non-hydrogen) atoms. The summed E-state index contributed by atoms with van der Waals surface area (Å²) in [6.45, 7) is 7.78. The molecular formula is C27H32ClN5O3. The van der Waals surface area contributed by atoms with Crippen LogP contribution < -0.4 is 15.8 Å². The van der Waals surface area contributed by atoms with Gasteiger partial charge in [-0.2, -0.15) is 0 Å². The third-order valence-electron chi connectivity index (χ3n) is 7.15. The first-order valence-electron chi connectivity index (χ1n) is 12.3. The van der Waals surface area contributed by atoms with Gasteiger partial charge in [-0.15, -0.1) is 0 Å². The average Bonchev–Trinajstić information content (AvgIpc) is 3.55. The highest BCUT2D eigenvalue weighted by Crippen LogP contribution is 2.51. The number of pyridine rings is 1. The van der Waals surface area contributed by atoms with E-state index in [9.17, 15) is 9.59 Å². The zero-order chi connectivity index (χ0) is 25.8. The molecule has 8 nitrogen and oxygen atoms in total. The lowest BCUT2D eigenvalue weighted by atomic mass is 9.89. The fraction of sp³-hybridized carbons (Fsp3) is 0.481. The van der Waals surface area contributed by atoms with Crippen molar-refractivity contribution < 1.29 is 14.3 Å². The predicted octanol–water partition coefficient (Wildman–Crippen LogP) is 4.16. The molecule has 0 unspecified atom stereocenters. The maximum absolute atomic E-state index is 13.5. The summed E-state index contributed by atoms with van der Waals surface area (Å²) in [5.74, 6) is 0.392. The number of hydrogen-bond donors (Lipinski definition) is 2. The Labute approximate surface area is 216 Å². The number of nitrogens with one attached hydrogen (secondary N) is 1. The molecule has 0 spiro atoms. The highest BCUT2D eigenvalue weighted by atomic mass is 35.5. The average molecular weight is 510 g/mol. The van der Waals surface area contributed by atoms with E-state index in [0.29, 0.717) is 23.6 Å². The highest BCUT2D eigenvalue weighted by Gasteiger charge is 2.53. The number of fused-ring (bicyclic) bond motifs is 1. The summed E-state index contributed by atoms with van der Waals surface area (Å²) in [7, 11) is 0. The van der Waals surface area contributed by atoms with E-state index in [1.165, 1.54) is 0 Å². The lowest BCUT2D eigenvalue weighted by Crippen LogP contribution is -2.52. The molecule has 5 rings (SSSR count). The molecule has 4 atom stereocenters. The van der Waals surface area contributed by atoms with E-state index in [4.69, 9.17) is 22.1 Å². The number of aromatic nitrogens is 1. The summed E-state index contributed by atoms with van der Waals surface area (Å²) in [5.41, 5.74) is 7.08. The van der Waals surface area contributed by atoms with Crippen LogP contribution in [0.4, 0.5) is 0 Å². The smallest absolute Gasteiger partial charge is 0.232 e. The standard InChI is InChI=1S/C27H32ClN5O3/c1-26(2)13-22(34)33(25(29)32-26)23(15-6-5-9-30-14-15)18-11-19(18)24(35)31-20-12-27(3,4)36-21-10-16(28)7-8-17(20)21/h5-10,14,18-20,23H,11-13H2,1-4H3,(H2,29,32)(H,31,35)/t18-,19-,20-,23+/m0/s1. The molecule has 1 fully saturated rings. The van der Waals surface area contributed by atoms with Crippen LogP contribution in [0, 0.1) is 11.8 Å². The van der Waals surface area contributed by atoms with Crippen LogP contribution >= 0.6 is 11.6 Å². The third-order valence-corrected chi connectivity index (χ3v) is 7.39. The van der Waals surface area contributed by atoms with E-state index in [-0.39, 0.29) is 42.1 Å². The maximum Gasteiger partial charge on any atom is 0.232 e. The molecule has 0 saturated heterocycles. The monoisotopic (exact) mass is 509 g/mol. The minimum absolute atomic E-state index is 0.0437. The van der Waals surface area contributed by atoms with Crippen molar-refractivity contribution in [2.75, 3.05) is 0 Å². The second kappa shape index (κ2) is 8.76. The quantitative estimate of drug-likeness (QED) is 0.629. The SMILES string of the molecule is CC1(C)CC(=O)N([C@H](c2cccnc2)[C@H]2C[C@@H]2C(=O)N[C@H]2CC(C)(C)Oc3cc(Cl)ccc32)C(N)=N1. The van der Waals surface area contributed by atoms with Gasteiger partial charge in [-0.05, 0) is 63.8 Å². The van der Waals surface area contributed by atoms with Crippen molar-refractivity contribution in [2.24, 2.45) is 22.6 Å². The van der Waals surface area contributed by atoms with E-state index in [1.807, 2.05) is 52.0 Å². The van der Waals surface area contributed by atoms with Crippen LogP contribution in [0.3, 0.4) is 0 Å². The van der Waals surface area contributed by atoms with Crippen molar-refractivity contribution in [1.82, 2.24) is 15.2 Å². The number of guanidine groups is 1. The Morgan fingerprint density at radius 1 is 1.28 bits per heavy atom.